The number of carbonyl (C=O) groups is 10. The van der Waals surface area contributed by atoms with Crippen LogP contribution in [0.2, 0.25) is 0 Å². The van der Waals surface area contributed by atoms with E-state index in [1.807, 2.05) is 114 Å². The molecule has 798 valence electrons. The van der Waals surface area contributed by atoms with Crippen LogP contribution in [0.4, 0.5) is 0 Å². The number of rotatable bonds is 45. The first-order chi connectivity index (χ1) is 69.3. The average molecular weight is 2120 g/mol. The third-order valence-corrected chi connectivity index (χ3v) is 27.5. The van der Waals surface area contributed by atoms with Crippen molar-refractivity contribution < 1.29 is 136 Å². The smallest absolute Gasteiger partial charge is 0.335 e. The molecule has 10 rings (SSSR count). The van der Waals surface area contributed by atoms with Gasteiger partial charge in [0.25, 0.3) is 0 Å². The number of benzene rings is 10. The third kappa shape index (κ3) is 40.5. The Kier molecular flexibility index (Phi) is 47.8. The minimum atomic E-state index is -3.32. The largest absolute Gasteiger partial charge is 0.497 e. The van der Waals surface area contributed by atoms with E-state index in [0.29, 0.717) is 17.7 Å². The number of nitrogens with one attached hydrogen (secondary N) is 5. The van der Waals surface area contributed by atoms with E-state index in [0.717, 1.165) is 75.3 Å². The molecule has 0 bridgehead atoms. The zero-order valence-electron chi connectivity index (χ0n) is 86.5. The van der Waals surface area contributed by atoms with E-state index in [1.54, 1.807) is 130 Å². The molecule has 10 N–H and O–H groups in total. The van der Waals surface area contributed by atoms with Crippen LogP contribution in [-0.4, -0.2) is 181 Å². The molecule has 0 saturated carbocycles. The van der Waals surface area contributed by atoms with Crippen LogP contribution in [0, 0.1) is 29.6 Å². The van der Waals surface area contributed by atoms with Gasteiger partial charge in [-0.3, -0.25) is 24.0 Å². The molecule has 0 aliphatic heterocycles. The molecule has 5 amide bonds. The molecule has 1 unspecified atom stereocenters. The first-order valence-electron chi connectivity index (χ1n) is 47.3. The lowest BCUT2D eigenvalue weighted by Gasteiger charge is -2.24. The Bertz CT molecular complexity index is 6260. The van der Waals surface area contributed by atoms with Crippen LogP contribution in [-0.2, 0) is 120 Å². The standard InChI is InChI=1S/4C22H27NO6S.C22H27NO5/c2*1-14(2)20(29-13-16-5-11-19(12-6-16)30(4,27)28)21(24)23-15(3)17-7-9-18(10-8-17)22(25)26;2*1-14(2)20(29-13-16-6-5-7-19(12-16)30(4,27)28)21(24)23-15(3)17-8-10-18(11-9-17)22(25)26;1-14(2)20(28-13-16-5-11-19(27-4)12-6-16)21(24)23-15(3)17-7-9-18(10-8-17)22(25)26/h4*5-12,14-15,20H,13H2,1-4H3,(H,23,24)(H,25,26);5-12,14-15,20H,13H2,1-4H3,(H,23,24)(H,25,26)/t15-,20+;15-,20-;15-,20+;15-,20-;15-,20?/m00000/s1. The van der Waals surface area contributed by atoms with Crippen molar-refractivity contribution in [1.82, 2.24) is 26.6 Å². The number of aromatic carboxylic acids is 5. The SMILES string of the molecule is CC(C)[C@@H](OCc1ccc(S(C)(=O)=O)cc1)C(=O)N[C@@H](C)c1ccc(C(=O)O)cc1.CC(C)[C@@H](OCc1cccc(S(C)(=O)=O)c1)C(=O)N[C@@H](C)c1ccc(C(=O)O)cc1.CC(C)[C@H](OCc1ccc(S(C)(=O)=O)cc1)C(=O)N[C@@H](C)c1ccc(C(=O)O)cc1.CC(C)[C@H](OCc1cccc(S(C)(=O)=O)c1)C(=O)N[C@@H](C)c1ccc(C(=O)O)cc1.COc1ccc(COC(C(=O)N[C@@H](C)c2ccc(C(=O)O)cc2)C(C)C)cc1. The van der Waals surface area contributed by atoms with Crippen molar-refractivity contribution >= 4 is 98.7 Å². The zero-order chi connectivity index (χ0) is 111. The molecular formula is C110H135N5O29S4. The Hall–Kier alpha value is -13.7. The summed E-state index contributed by atoms with van der Waals surface area (Å²) in [7, 11) is -11.6. The number of sulfone groups is 4. The summed E-state index contributed by atoms with van der Waals surface area (Å²) in [6, 6.07) is 63.3. The van der Waals surface area contributed by atoms with E-state index < -0.39 is 99.7 Å². The molecule has 10 atom stereocenters. The molecule has 0 heterocycles. The number of carbonyl (C=O) groups excluding carboxylic acids is 5. The van der Waals surface area contributed by atoms with Crippen LogP contribution in [0.15, 0.2) is 262 Å². The van der Waals surface area contributed by atoms with Crippen LogP contribution in [0.1, 0.15) is 241 Å². The summed E-state index contributed by atoms with van der Waals surface area (Å²) in [5.41, 5.74) is 8.68. The first-order valence-corrected chi connectivity index (χ1v) is 54.9. The van der Waals surface area contributed by atoms with E-state index in [-0.39, 0.29) is 163 Å². The second kappa shape index (κ2) is 57.6. The molecule has 0 radical (unpaired) electrons. The number of carboxylic acid groups (broad SMARTS) is 5. The van der Waals surface area contributed by atoms with Gasteiger partial charge in [-0.2, -0.15) is 0 Å². The predicted molar refractivity (Wildman–Crippen MR) is 558 cm³/mol. The number of methoxy groups -OCH3 is 1. The molecule has 10 aromatic rings. The molecule has 0 spiro atoms. The van der Waals surface area contributed by atoms with Crippen LogP contribution < -0.4 is 31.3 Å². The van der Waals surface area contributed by atoms with Crippen molar-refractivity contribution in [2.24, 2.45) is 29.6 Å². The second-order valence-corrected chi connectivity index (χ2v) is 45.2. The summed E-state index contributed by atoms with van der Waals surface area (Å²) in [5, 5.41) is 59.5. The fourth-order valence-electron chi connectivity index (χ4n) is 14.4. The number of hydrogen-bond donors (Lipinski definition) is 10. The lowest BCUT2D eigenvalue weighted by Crippen LogP contribution is -2.40. The van der Waals surface area contributed by atoms with Crippen molar-refractivity contribution in [2.45, 2.75) is 217 Å². The van der Waals surface area contributed by atoms with Crippen LogP contribution in [0.3, 0.4) is 0 Å². The predicted octanol–water partition coefficient (Wildman–Crippen LogP) is 16.6. The minimum absolute atomic E-state index is 0.000153. The molecule has 0 aliphatic rings. The third-order valence-electron chi connectivity index (χ3n) is 23.1. The van der Waals surface area contributed by atoms with E-state index in [1.165, 1.54) is 109 Å². The highest BCUT2D eigenvalue weighted by Gasteiger charge is 2.32. The highest BCUT2D eigenvalue weighted by Crippen LogP contribution is 2.27. The number of amides is 5. The van der Waals surface area contributed by atoms with Gasteiger partial charge in [0.05, 0.1) is 118 Å². The monoisotopic (exact) mass is 2120 g/mol. The maximum Gasteiger partial charge on any atom is 0.335 e. The molecular weight excluding hydrogens is 1980 g/mol. The topological polar surface area (TPSA) is 524 Å². The summed E-state index contributed by atoms with van der Waals surface area (Å²) in [6.07, 6.45) is 1.13. The molecule has 0 fully saturated rings. The molecule has 10 aromatic carbocycles. The van der Waals surface area contributed by atoms with Gasteiger partial charge in [-0.05, 0) is 241 Å². The lowest BCUT2D eigenvalue weighted by molar-refractivity contribution is -0.138. The van der Waals surface area contributed by atoms with Gasteiger partial charge in [0.1, 0.15) is 36.3 Å². The first kappa shape index (κ1) is 123. The molecule has 0 aliphatic carbocycles. The summed E-state index contributed by atoms with van der Waals surface area (Å²) in [5.74, 6) is -5.93. The van der Waals surface area contributed by atoms with Crippen LogP contribution in [0.25, 0.3) is 0 Å². The quantitative estimate of drug-likeness (QED) is 0.0169. The van der Waals surface area contributed by atoms with Crippen LogP contribution in [0.5, 0.6) is 5.75 Å². The van der Waals surface area contributed by atoms with Crippen molar-refractivity contribution in [3.63, 3.8) is 0 Å². The van der Waals surface area contributed by atoms with Gasteiger partial charge in [0, 0.05) is 25.0 Å². The number of carboxylic acids is 5. The van der Waals surface area contributed by atoms with Gasteiger partial charge in [-0.15, -0.1) is 0 Å². The highest BCUT2D eigenvalue weighted by atomic mass is 32.2. The maximum atomic E-state index is 12.8. The Balaban J connectivity index is 0.000000283. The Morgan fingerprint density at radius 1 is 0.236 bits per heavy atom. The molecule has 148 heavy (non-hydrogen) atoms. The van der Waals surface area contributed by atoms with Gasteiger partial charge in [0.15, 0.2) is 39.3 Å². The van der Waals surface area contributed by atoms with Gasteiger partial charge in [-0.1, -0.05) is 191 Å². The van der Waals surface area contributed by atoms with E-state index in [2.05, 4.69) is 26.6 Å². The van der Waals surface area contributed by atoms with E-state index in [9.17, 15) is 81.6 Å². The Morgan fingerprint density at radius 3 is 0.574 bits per heavy atom. The van der Waals surface area contributed by atoms with Gasteiger partial charge >= 0.3 is 29.8 Å². The van der Waals surface area contributed by atoms with Crippen molar-refractivity contribution in [2.75, 3.05) is 32.1 Å². The average Bonchev–Trinajstić information content (AvgIpc) is 0.852. The summed E-state index contributed by atoms with van der Waals surface area (Å²) in [4.78, 5) is 119. The molecule has 38 heteroatoms. The van der Waals surface area contributed by atoms with Gasteiger partial charge in [0.2, 0.25) is 29.5 Å². The summed E-state index contributed by atoms with van der Waals surface area (Å²) < 4.78 is 127. The molecule has 34 nitrogen and oxygen atoms in total. The van der Waals surface area contributed by atoms with E-state index >= 15 is 0 Å². The summed E-state index contributed by atoms with van der Waals surface area (Å²) in [6.45, 7) is 28.8. The normalized spacial score (nSPS) is 13.5. The van der Waals surface area contributed by atoms with Gasteiger partial charge < -0.3 is 80.5 Å². The Morgan fingerprint density at radius 2 is 0.412 bits per heavy atom. The van der Waals surface area contributed by atoms with E-state index in [4.69, 9.17) is 54.0 Å². The van der Waals surface area contributed by atoms with Crippen LogP contribution >= 0.6 is 0 Å². The highest BCUT2D eigenvalue weighted by molar-refractivity contribution is 7.91. The van der Waals surface area contributed by atoms with Crippen molar-refractivity contribution in [3.05, 3.63) is 326 Å². The maximum absolute atomic E-state index is 12.8. The summed E-state index contributed by atoms with van der Waals surface area (Å²) >= 11 is 0. The fourth-order valence-corrected chi connectivity index (χ4v) is 17.0. The van der Waals surface area contributed by atoms with Crippen molar-refractivity contribution in [3.8, 4) is 5.75 Å². The molecule has 0 aromatic heterocycles. The number of ether oxygens (including phenoxy) is 6. The van der Waals surface area contributed by atoms with Crippen molar-refractivity contribution in [1.29, 1.82) is 0 Å². The fraction of sp³-hybridized carbons (Fsp3) is 0.364. The zero-order valence-corrected chi connectivity index (χ0v) is 89.7. The molecule has 0 saturated heterocycles. The van der Waals surface area contributed by atoms with Gasteiger partial charge in [-0.25, -0.2) is 57.6 Å². The minimum Gasteiger partial charge on any atom is -0.497 e. The lowest BCUT2D eigenvalue weighted by atomic mass is 10.0. The Labute approximate surface area is 866 Å². The second-order valence-electron chi connectivity index (χ2n) is 37.2. The number of hydrogen-bond acceptors (Lipinski definition) is 24.